The van der Waals surface area contributed by atoms with Crippen molar-refractivity contribution in [1.29, 1.82) is 0 Å². The second kappa shape index (κ2) is 8.06. The van der Waals surface area contributed by atoms with Crippen molar-refractivity contribution in [2.45, 2.75) is 44.0 Å². The van der Waals surface area contributed by atoms with Crippen LogP contribution in [0.15, 0.2) is 30.3 Å². The molecular formula is C18H28N2O2S. The van der Waals surface area contributed by atoms with Crippen molar-refractivity contribution in [2.75, 3.05) is 25.4 Å². The van der Waals surface area contributed by atoms with E-state index in [1.165, 1.54) is 0 Å². The van der Waals surface area contributed by atoms with E-state index in [-0.39, 0.29) is 22.8 Å². The molecule has 1 saturated heterocycles. The molecule has 23 heavy (non-hydrogen) atoms. The van der Waals surface area contributed by atoms with E-state index in [2.05, 4.69) is 31.3 Å². The van der Waals surface area contributed by atoms with Crippen LogP contribution in [0.25, 0.3) is 0 Å². The molecule has 1 aliphatic heterocycles. The van der Waals surface area contributed by atoms with Gasteiger partial charge in [-0.3, -0.25) is 0 Å². The van der Waals surface area contributed by atoms with Crippen molar-refractivity contribution in [3.05, 3.63) is 35.9 Å². The summed E-state index contributed by atoms with van der Waals surface area (Å²) in [6.45, 7) is 8.27. The Balaban J connectivity index is 1.94. The number of aliphatic hydroxyl groups is 1. The van der Waals surface area contributed by atoms with Crippen LogP contribution < -0.4 is 5.32 Å². The maximum absolute atomic E-state index is 12.5. The van der Waals surface area contributed by atoms with Gasteiger partial charge in [0.1, 0.15) is 0 Å². The molecule has 2 atom stereocenters. The second-order valence-corrected chi connectivity index (χ2v) is 8.71. The number of urea groups is 1. The van der Waals surface area contributed by atoms with Crippen molar-refractivity contribution >= 4 is 17.8 Å². The van der Waals surface area contributed by atoms with Gasteiger partial charge in [0.15, 0.2) is 0 Å². The van der Waals surface area contributed by atoms with E-state index in [9.17, 15) is 9.90 Å². The smallest absolute Gasteiger partial charge is 0.317 e. The van der Waals surface area contributed by atoms with E-state index in [0.717, 1.165) is 24.4 Å². The average Bonchev–Trinajstić information content (AvgIpc) is 2.50. The monoisotopic (exact) mass is 336 g/mol. The maximum atomic E-state index is 12.5. The quantitative estimate of drug-likeness (QED) is 0.869. The minimum absolute atomic E-state index is 0.00454. The maximum Gasteiger partial charge on any atom is 0.317 e. The molecule has 2 N–H and O–H groups in total. The molecule has 2 unspecified atom stereocenters. The molecule has 0 aliphatic carbocycles. The first kappa shape index (κ1) is 18.1. The molecule has 1 heterocycles. The number of rotatable bonds is 5. The summed E-state index contributed by atoms with van der Waals surface area (Å²) in [6.07, 6.45) is 0.258. The van der Waals surface area contributed by atoms with Crippen LogP contribution in [-0.4, -0.2) is 52.3 Å². The minimum Gasteiger partial charge on any atom is -0.393 e. The standard InChI is InChI=1S/C18H28N2O2S/c1-14(21)11-16(15-7-5-4-6-8-15)12-19-17(22)20-9-10-23-18(2,3)13-20/h4-8,14,16,21H,9-13H2,1-3H3,(H,19,22). The van der Waals surface area contributed by atoms with Gasteiger partial charge in [0.25, 0.3) is 0 Å². The van der Waals surface area contributed by atoms with Gasteiger partial charge >= 0.3 is 6.03 Å². The molecular weight excluding hydrogens is 308 g/mol. The van der Waals surface area contributed by atoms with E-state index in [4.69, 9.17) is 0 Å². The van der Waals surface area contributed by atoms with E-state index in [1.807, 2.05) is 34.9 Å². The number of carbonyl (C=O) groups excluding carboxylic acids is 1. The normalized spacial score (nSPS) is 19.9. The molecule has 1 aliphatic rings. The van der Waals surface area contributed by atoms with Crippen molar-refractivity contribution in [1.82, 2.24) is 10.2 Å². The van der Waals surface area contributed by atoms with Gasteiger partial charge in [-0.25, -0.2) is 4.79 Å². The number of carbonyl (C=O) groups is 1. The molecule has 4 nitrogen and oxygen atoms in total. The number of nitrogens with zero attached hydrogens (tertiary/aromatic N) is 1. The van der Waals surface area contributed by atoms with Crippen LogP contribution in [0.5, 0.6) is 0 Å². The van der Waals surface area contributed by atoms with E-state index < -0.39 is 0 Å². The van der Waals surface area contributed by atoms with E-state index in [0.29, 0.717) is 13.0 Å². The molecule has 0 aromatic heterocycles. The lowest BCUT2D eigenvalue weighted by atomic mass is 9.93. The lowest BCUT2D eigenvalue weighted by molar-refractivity contribution is 0.170. The Kier molecular flexibility index (Phi) is 6.36. The highest BCUT2D eigenvalue weighted by Gasteiger charge is 2.30. The number of amides is 2. The van der Waals surface area contributed by atoms with Crippen LogP contribution in [0.4, 0.5) is 4.79 Å². The molecule has 2 rings (SSSR count). The Labute approximate surface area is 143 Å². The summed E-state index contributed by atoms with van der Waals surface area (Å²) in [4.78, 5) is 14.4. The van der Waals surface area contributed by atoms with Crippen LogP contribution in [0, 0.1) is 0 Å². The van der Waals surface area contributed by atoms with Crippen LogP contribution in [0.2, 0.25) is 0 Å². The van der Waals surface area contributed by atoms with Gasteiger partial charge < -0.3 is 15.3 Å². The SMILES string of the molecule is CC(O)CC(CNC(=O)N1CCSC(C)(C)C1)c1ccccc1. The highest BCUT2D eigenvalue weighted by Crippen LogP contribution is 2.29. The number of hydrogen-bond acceptors (Lipinski definition) is 3. The summed E-state index contributed by atoms with van der Waals surface area (Å²) in [5.41, 5.74) is 1.16. The predicted molar refractivity (Wildman–Crippen MR) is 97.0 cm³/mol. The van der Waals surface area contributed by atoms with Gasteiger partial charge in [0.2, 0.25) is 0 Å². The Morgan fingerprint density at radius 1 is 1.39 bits per heavy atom. The van der Waals surface area contributed by atoms with Gasteiger partial charge in [-0.1, -0.05) is 30.3 Å². The third kappa shape index (κ3) is 5.74. The average molecular weight is 337 g/mol. The minimum atomic E-state index is -0.387. The fraction of sp³-hybridized carbons (Fsp3) is 0.611. The van der Waals surface area contributed by atoms with Crippen molar-refractivity contribution in [3.8, 4) is 0 Å². The number of thioether (sulfide) groups is 1. The van der Waals surface area contributed by atoms with E-state index >= 15 is 0 Å². The largest absolute Gasteiger partial charge is 0.393 e. The molecule has 0 bridgehead atoms. The molecule has 1 fully saturated rings. The molecule has 1 aromatic carbocycles. The van der Waals surface area contributed by atoms with Crippen molar-refractivity contribution in [2.24, 2.45) is 0 Å². The predicted octanol–water partition coefficient (Wildman–Crippen LogP) is 3.08. The van der Waals surface area contributed by atoms with Gasteiger partial charge in [-0.05, 0) is 32.8 Å². The zero-order valence-corrected chi connectivity index (χ0v) is 15.1. The van der Waals surface area contributed by atoms with Crippen molar-refractivity contribution in [3.63, 3.8) is 0 Å². The van der Waals surface area contributed by atoms with Gasteiger partial charge in [0, 0.05) is 36.1 Å². The number of hydrogen-bond donors (Lipinski definition) is 2. The third-order valence-corrected chi connectivity index (χ3v) is 5.41. The molecule has 0 saturated carbocycles. The van der Waals surface area contributed by atoms with Crippen LogP contribution >= 0.6 is 11.8 Å². The summed E-state index contributed by atoms with van der Waals surface area (Å²) in [7, 11) is 0. The summed E-state index contributed by atoms with van der Waals surface area (Å²) in [5, 5.41) is 12.8. The fourth-order valence-electron chi connectivity index (χ4n) is 2.99. The van der Waals surface area contributed by atoms with E-state index in [1.54, 1.807) is 6.92 Å². The van der Waals surface area contributed by atoms with Gasteiger partial charge in [0.05, 0.1) is 6.10 Å². The zero-order valence-electron chi connectivity index (χ0n) is 14.3. The zero-order chi connectivity index (χ0) is 16.9. The molecule has 0 radical (unpaired) electrons. The van der Waals surface area contributed by atoms with Crippen LogP contribution in [-0.2, 0) is 0 Å². The van der Waals surface area contributed by atoms with Gasteiger partial charge in [-0.2, -0.15) is 11.8 Å². The molecule has 2 amide bonds. The van der Waals surface area contributed by atoms with Crippen LogP contribution in [0.3, 0.4) is 0 Å². The van der Waals surface area contributed by atoms with Crippen molar-refractivity contribution < 1.29 is 9.90 Å². The Morgan fingerprint density at radius 2 is 2.09 bits per heavy atom. The Bertz CT molecular complexity index is 505. The summed E-state index contributed by atoms with van der Waals surface area (Å²) in [6, 6.07) is 10.1. The lowest BCUT2D eigenvalue weighted by Gasteiger charge is -2.37. The molecule has 0 spiro atoms. The number of benzene rings is 1. The first-order valence-corrected chi connectivity index (χ1v) is 9.26. The Hall–Kier alpha value is -1.20. The molecule has 128 valence electrons. The number of aliphatic hydroxyl groups excluding tert-OH is 1. The first-order chi connectivity index (χ1) is 10.9. The molecule has 1 aromatic rings. The molecule has 5 heteroatoms. The van der Waals surface area contributed by atoms with Gasteiger partial charge in [-0.15, -0.1) is 0 Å². The summed E-state index contributed by atoms with van der Waals surface area (Å²) >= 11 is 1.92. The second-order valence-electron chi connectivity index (χ2n) is 6.91. The third-order valence-electron chi connectivity index (χ3n) is 4.11. The topological polar surface area (TPSA) is 52.6 Å². The lowest BCUT2D eigenvalue weighted by Crippen LogP contribution is -2.50. The summed E-state index contributed by atoms with van der Waals surface area (Å²) in [5.74, 6) is 1.11. The van der Waals surface area contributed by atoms with Crippen LogP contribution in [0.1, 0.15) is 38.7 Å². The first-order valence-electron chi connectivity index (χ1n) is 8.27. The summed E-state index contributed by atoms with van der Waals surface area (Å²) < 4.78 is 0.119. The fourth-order valence-corrected chi connectivity index (χ4v) is 4.10. The number of nitrogens with one attached hydrogen (secondary N) is 1. The highest BCUT2D eigenvalue weighted by molar-refractivity contribution is 8.00. The highest BCUT2D eigenvalue weighted by atomic mass is 32.2. The Morgan fingerprint density at radius 3 is 2.70 bits per heavy atom.